The van der Waals surface area contributed by atoms with Crippen molar-refractivity contribution < 1.29 is 4.79 Å². The normalized spacial score (nSPS) is 16.2. The summed E-state index contributed by atoms with van der Waals surface area (Å²) in [5.74, 6) is 2.22. The van der Waals surface area contributed by atoms with E-state index in [0.717, 1.165) is 31.7 Å². The van der Waals surface area contributed by atoms with Crippen molar-refractivity contribution >= 4 is 17.7 Å². The Balaban J connectivity index is 1.90. The Morgan fingerprint density at radius 1 is 1.42 bits per heavy atom. The molecule has 2 rings (SSSR count). The van der Waals surface area contributed by atoms with Gasteiger partial charge in [0.25, 0.3) is 0 Å². The second-order valence-corrected chi connectivity index (χ2v) is 4.80. The molecule has 19 heavy (non-hydrogen) atoms. The average Bonchev–Trinajstić information content (AvgIpc) is 2.48. The van der Waals surface area contributed by atoms with Crippen molar-refractivity contribution in [2.45, 2.75) is 19.3 Å². The number of carbonyl (C=O) groups is 1. The first-order valence-corrected chi connectivity index (χ1v) is 6.69. The van der Waals surface area contributed by atoms with Gasteiger partial charge in [-0.05, 0) is 24.8 Å². The summed E-state index contributed by atoms with van der Waals surface area (Å²) in [5, 5.41) is 5.64. The summed E-state index contributed by atoms with van der Waals surface area (Å²) in [6.07, 6.45) is 4.47. The summed E-state index contributed by atoms with van der Waals surface area (Å²) < 4.78 is 0. The minimum atomic E-state index is 0.137. The van der Waals surface area contributed by atoms with Crippen LogP contribution in [0.25, 0.3) is 0 Å². The van der Waals surface area contributed by atoms with Gasteiger partial charge in [-0.25, -0.2) is 4.98 Å². The maximum absolute atomic E-state index is 11.4. The van der Waals surface area contributed by atoms with Crippen LogP contribution in [0.2, 0.25) is 0 Å². The number of anilines is 2. The Kier molecular flexibility index (Phi) is 4.54. The molecule has 1 fully saturated rings. The first-order valence-electron chi connectivity index (χ1n) is 6.69. The number of nitrogens with zero attached hydrogens (tertiary/aromatic N) is 3. The van der Waals surface area contributed by atoms with Gasteiger partial charge >= 0.3 is 0 Å². The fourth-order valence-corrected chi connectivity index (χ4v) is 2.38. The van der Waals surface area contributed by atoms with E-state index in [4.69, 9.17) is 0 Å². The zero-order valence-electron chi connectivity index (χ0n) is 11.5. The van der Waals surface area contributed by atoms with Crippen LogP contribution < -0.4 is 15.5 Å². The molecule has 6 heteroatoms. The molecule has 1 aliphatic rings. The van der Waals surface area contributed by atoms with Crippen LogP contribution in [0.15, 0.2) is 12.3 Å². The molecule has 0 bridgehead atoms. The van der Waals surface area contributed by atoms with E-state index in [-0.39, 0.29) is 5.91 Å². The number of carbonyl (C=O) groups excluding carboxylic acids is 1. The molecule has 0 atom stereocenters. The van der Waals surface area contributed by atoms with Crippen molar-refractivity contribution in [3.05, 3.63) is 12.3 Å². The maximum atomic E-state index is 11.4. The van der Waals surface area contributed by atoms with Gasteiger partial charge in [-0.15, -0.1) is 0 Å². The van der Waals surface area contributed by atoms with Crippen molar-refractivity contribution in [3.8, 4) is 0 Å². The monoisotopic (exact) mass is 263 g/mol. The van der Waals surface area contributed by atoms with Crippen LogP contribution in [0.3, 0.4) is 0 Å². The van der Waals surface area contributed by atoms with E-state index in [1.807, 2.05) is 13.1 Å². The first kappa shape index (κ1) is 13.6. The molecule has 0 saturated carbocycles. The van der Waals surface area contributed by atoms with Crippen molar-refractivity contribution in [1.29, 1.82) is 0 Å². The molecule has 1 aromatic heterocycles. The lowest BCUT2D eigenvalue weighted by molar-refractivity contribution is -0.121. The van der Waals surface area contributed by atoms with E-state index in [1.165, 1.54) is 0 Å². The summed E-state index contributed by atoms with van der Waals surface area (Å²) in [6.45, 7) is 1.89. The molecule has 2 heterocycles. The maximum Gasteiger partial charge on any atom is 0.224 e. The lowest BCUT2D eigenvalue weighted by Crippen LogP contribution is -2.36. The highest BCUT2D eigenvalue weighted by molar-refractivity contribution is 5.75. The third-order valence-electron chi connectivity index (χ3n) is 3.56. The number of nitrogens with one attached hydrogen (secondary N) is 2. The molecule has 0 aromatic carbocycles. The summed E-state index contributed by atoms with van der Waals surface area (Å²) in [5.41, 5.74) is 0. The van der Waals surface area contributed by atoms with Gasteiger partial charge in [-0.3, -0.25) is 4.79 Å². The van der Waals surface area contributed by atoms with E-state index in [9.17, 15) is 4.79 Å². The third kappa shape index (κ3) is 3.56. The van der Waals surface area contributed by atoms with Crippen LogP contribution in [-0.4, -0.2) is 43.1 Å². The third-order valence-corrected chi connectivity index (χ3v) is 3.56. The van der Waals surface area contributed by atoms with Crippen molar-refractivity contribution in [2.75, 3.05) is 37.4 Å². The molecular formula is C13H21N5O. The van der Waals surface area contributed by atoms with E-state index in [0.29, 0.717) is 18.3 Å². The molecule has 1 aromatic rings. The van der Waals surface area contributed by atoms with Gasteiger partial charge in [0, 0.05) is 39.8 Å². The van der Waals surface area contributed by atoms with E-state index < -0.39 is 0 Å². The topological polar surface area (TPSA) is 70.2 Å². The van der Waals surface area contributed by atoms with Crippen LogP contribution in [0.4, 0.5) is 11.8 Å². The number of hydrogen-bond donors (Lipinski definition) is 2. The average molecular weight is 263 g/mol. The fraction of sp³-hybridized carbons (Fsp3) is 0.615. The molecule has 2 N–H and O–H groups in total. The lowest BCUT2D eigenvalue weighted by Gasteiger charge is -2.32. The zero-order chi connectivity index (χ0) is 13.7. The Bertz CT molecular complexity index is 429. The van der Waals surface area contributed by atoms with Gasteiger partial charge < -0.3 is 15.5 Å². The van der Waals surface area contributed by atoms with E-state index in [2.05, 4.69) is 25.5 Å². The van der Waals surface area contributed by atoms with Crippen LogP contribution in [0.1, 0.15) is 19.3 Å². The first-order chi connectivity index (χ1) is 9.22. The molecule has 1 amide bonds. The second kappa shape index (κ2) is 6.36. The van der Waals surface area contributed by atoms with E-state index in [1.54, 1.807) is 13.2 Å². The minimum absolute atomic E-state index is 0.137. The van der Waals surface area contributed by atoms with Crippen molar-refractivity contribution in [2.24, 2.45) is 5.92 Å². The quantitative estimate of drug-likeness (QED) is 0.843. The van der Waals surface area contributed by atoms with E-state index >= 15 is 0 Å². The SMILES string of the molecule is CNC(=O)CC1CCN(c2ccnc(NC)n2)CC1. The summed E-state index contributed by atoms with van der Waals surface area (Å²) in [6, 6.07) is 1.93. The van der Waals surface area contributed by atoms with Crippen LogP contribution >= 0.6 is 0 Å². The predicted molar refractivity (Wildman–Crippen MR) is 75.2 cm³/mol. The highest BCUT2D eigenvalue weighted by atomic mass is 16.1. The van der Waals surface area contributed by atoms with Gasteiger partial charge in [0.05, 0.1) is 0 Å². The molecule has 0 aliphatic carbocycles. The highest BCUT2D eigenvalue weighted by Crippen LogP contribution is 2.24. The fourth-order valence-electron chi connectivity index (χ4n) is 2.38. The van der Waals surface area contributed by atoms with Gasteiger partial charge in [0.15, 0.2) is 0 Å². The number of rotatable bonds is 4. The molecule has 1 saturated heterocycles. The molecule has 0 spiro atoms. The Hall–Kier alpha value is -1.85. The molecule has 0 unspecified atom stereocenters. The van der Waals surface area contributed by atoms with Gasteiger partial charge in [0.2, 0.25) is 11.9 Å². The number of hydrogen-bond acceptors (Lipinski definition) is 5. The number of piperidine rings is 1. The molecule has 6 nitrogen and oxygen atoms in total. The molecular weight excluding hydrogens is 242 g/mol. The largest absolute Gasteiger partial charge is 0.359 e. The van der Waals surface area contributed by atoms with Crippen molar-refractivity contribution in [1.82, 2.24) is 15.3 Å². The predicted octanol–water partition coefficient (Wildman–Crippen LogP) is 0.871. The zero-order valence-corrected chi connectivity index (χ0v) is 11.5. The van der Waals surface area contributed by atoms with Crippen LogP contribution in [0.5, 0.6) is 0 Å². The summed E-state index contributed by atoms with van der Waals surface area (Å²) >= 11 is 0. The minimum Gasteiger partial charge on any atom is -0.359 e. The number of aromatic nitrogens is 2. The summed E-state index contributed by atoms with van der Waals surface area (Å²) in [4.78, 5) is 22.2. The van der Waals surface area contributed by atoms with Crippen LogP contribution in [0, 0.1) is 5.92 Å². The van der Waals surface area contributed by atoms with Crippen LogP contribution in [-0.2, 0) is 4.79 Å². The van der Waals surface area contributed by atoms with Gasteiger partial charge in [-0.1, -0.05) is 0 Å². The Morgan fingerprint density at radius 2 is 2.16 bits per heavy atom. The summed E-state index contributed by atoms with van der Waals surface area (Å²) in [7, 11) is 3.51. The molecule has 104 valence electrons. The number of amides is 1. The van der Waals surface area contributed by atoms with Gasteiger partial charge in [-0.2, -0.15) is 4.98 Å². The second-order valence-electron chi connectivity index (χ2n) is 4.80. The Morgan fingerprint density at radius 3 is 2.79 bits per heavy atom. The standard InChI is InChI=1S/C13H21N5O/c1-14-12(19)9-10-4-7-18(8-5-10)11-3-6-16-13(15-2)17-11/h3,6,10H,4-5,7-9H2,1-2H3,(H,14,19)(H,15,16,17). The highest BCUT2D eigenvalue weighted by Gasteiger charge is 2.22. The molecule has 1 aliphatic heterocycles. The molecule has 0 radical (unpaired) electrons. The lowest BCUT2D eigenvalue weighted by atomic mass is 9.93. The van der Waals surface area contributed by atoms with Crippen molar-refractivity contribution in [3.63, 3.8) is 0 Å². The smallest absolute Gasteiger partial charge is 0.224 e. The Labute approximate surface area is 113 Å². The van der Waals surface area contributed by atoms with Gasteiger partial charge in [0.1, 0.15) is 5.82 Å².